The molecule has 0 spiro atoms. The number of rotatable bonds is 6. The van der Waals surface area contributed by atoms with Crippen LogP contribution < -0.4 is 4.72 Å². The van der Waals surface area contributed by atoms with Crippen molar-refractivity contribution in [2.45, 2.75) is 17.6 Å². The molecule has 6 nitrogen and oxygen atoms in total. The SMILES string of the molecule is O=C(O)CC(NS(=O)(=O)c1cc2ccccc2o1)c1ccccc1. The summed E-state index contributed by atoms with van der Waals surface area (Å²) in [5.74, 6) is -1.10. The maximum atomic E-state index is 12.6. The summed E-state index contributed by atoms with van der Waals surface area (Å²) in [7, 11) is -4.00. The zero-order valence-electron chi connectivity index (χ0n) is 12.5. The Morgan fingerprint density at radius 1 is 1.08 bits per heavy atom. The quantitative estimate of drug-likeness (QED) is 0.716. The summed E-state index contributed by atoms with van der Waals surface area (Å²) in [5, 5.41) is 9.49. The van der Waals surface area contributed by atoms with Gasteiger partial charge in [0.25, 0.3) is 10.0 Å². The fraction of sp³-hybridized carbons (Fsp3) is 0.118. The number of para-hydroxylation sites is 1. The smallest absolute Gasteiger partial charge is 0.305 e. The van der Waals surface area contributed by atoms with Crippen LogP contribution in [0.15, 0.2) is 70.2 Å². The minimum atomic E-state index is -4.00. The van der Waals surface area contributed by atoms with Gasteiger partial charge >= 0.3 is 5.97 Å². The molecule has 3 aromatic rings. The van der Waals surface area contributed by atoms with E-state index in [0.29, 0.717) is 16.5 Å². The standard InChI is InChI=1S/C17H15NO5S/c19-16(20)11-14(12-6-2-1-3-7-12)18-24(21,22)17-10-13-8-4-5-9-15(13)23-17/h1-10,14,18H,11H2,(H,19,20). The fourth-order valence-electron chi connectivity index (χ4n) is 2.42. The molecule has 0 saturated carbocycles. The van der Waals surface area contributed by atoms with Crippen molar-refractivity contribution in [1.29, 1.82) is 0 Å². The predicted molar refractivity (Wildman–Crippen MR) is 88.0 cm³/mol. The number of carbonyl (C=O) groups is 1. The van der Waals surface area contributed by atoms with Crippen LogP contribution in [-0.2, 0) is 14.8 Å². The molecule has 0 radical (unpaired) electrons. The molecule has 1 heterocycles. The third-order valence-electron chi connectivity index (χ3n) is 3.55. The van der Waals surface area contributed by atoms with Crippen LogP contribution in [-0.4, -0.2) is 19.5 Å². The topological polar surface area (TPSA) is 96.6 Å². The van der Waals surface area contributed by atoms with E-state index < -0.39 is 22.0 Å². The van der Waals surface area contributed by atoms with Gasteiger partial charge in [0.05, 0.1) is 12.5 Å². The second kappa shape index (κ2) is 6.46. The van der Waals surface area contributed by atoms with Crippen molar-refractivity contribution in [3.63, 3.8) is 0 Å². The first-order chi connectivity index (χ1) is 11.5. The highest BCUT2D eigenvalue weighted by Crippen LogP contribution is 2.25. The molecule has 124 valence electrons. The van der Waals surface area contributed by atoms with Crippen LogP contribution in [0.5, 0.6) is 0 Å². The van der Waals surface area contributed by atoms with Crippen molar-refractivity contribution < 1.29 is 22.7 Å². The van der Waals surface area contributed by atoms with Gasteiger partial charge in [-0.15, -0.1) is 0 Å². The molecule has 2 aromatic carbocycles. The number of aliphatic carboxylic acids is 1. The van der Waals surface area contributed by atoms with E-state index in [2.05, 4.69) is 4.72 Å². The average Bonchev–Trinajstić information content (AvgIpc) is 2.99. The number of fused-ring (bicyclic) bond motifs is 1. The molecule has 0 amide bonds. The summed E-state index contributed by atoms with van der Waals surface area (Å²) in [6.45, 7) is 0. The van der Waals surface area contributed by atoms with E-state index in [4.69, 9.17) is 9.52 Å². The average molecular weight is 345 g/mol. The molecule has 2 N–H and O–H groups in total. The largest absolute Gasteiger partial charge is 0.481 e. The first kappa shape index (κ1) is 16.2. The van der Waals surface area contributed by atoms with Gasteiger partial charge in [-0.1, -0.05) is 48.5 Å². The molecular formula is C17H15NO5S. The van der Waals surface area contributed by atoms with Crippen molar-refractivity contribution in [2.24, 2.45) is 0 Å². The highest BCUT2D eigenvalue weighted by molar-refractivity contribution is 7.89. The molecule has 1 aromatic heterocycles. The lowest BCUT2D eigenvalue weighted by atomic mass is 10.1. The van der Waals surface area contributed by atoms with Crippen LogP contribution in [0.2, 0.25) is 0 Å². The Balaban J connectivity index is 1.94. The molecule has 0 bridgehead atoms. The van der Waals surface area contributed by atoms with E-state index in [0.717, 1.165) is 0 Å². The molecule has 3 rings (SSSR count). The van der Waals surface area contributed by atoms with Gasteiger partial charge in [0, 0.05) is 11.5 Å². The molecule has 0 aliphatic rings. The first-order valence-electron chi connectivity index (χ1n) is 7.23. The van der Waals surface area contributed by atoms with E-state index in [-0.39, 0.29) is 11.5 Å². The molecule has 1 atom stereocenters. The Morgan fingerprint density at radius 2 is 1.75 bits per heavy atom. The van der Waals surface area contributed by atoms with Crippen molar-refractivity contribution >= 4 is 27.0 Å². The van der Waals surface area contributed by atoms with Gasteiger partial charge in [-0.3, -0.25) is 4.79 Å². The Labute approximate surface area is 138 Å². The Bertz CT molecular complexity index is 930. The highest BCUT2D eigenvalue weighted by Gasteiger charge is 2.26. The van der Waals surface area contributed by atoms with Crippen molar-refractivity contribution in [1.82, 2.24) is 4.72 Å². The maximum absolute atomic E-state index is 12.6. The minimum Gasteiger partial charge on any atom is -0.481 e. The fourth-order valence-corrected chi connectivity index (χ4v) is 3.61. The summed E-state index contributed by atoms with van der Waals surface area (Å²) in [6.07, 6.45) is -0.372. The zero-order valence-corrected chi connectivity index (χ0v) is 13.4. The van der Waals surface area contributed by atoms with Crippen molar-refractivity contribution in [2.75, 3.05) is 0 Å². The van der Waals surface area contributed by atoms with Crippen LogP contribution in [0, 0.1) is 0 Å². The summed E-state index contributed by atoms with van der Waals surface area (Å²) >= 11 is 0. The second-order valence-electron chi connectivity index (χ2n) is 5.29. The highest BCUT2D eigenvalue weighted by atomic mass is 32.2. The van der Waals surface area contributed by atoms with E-state index in [9.17, 15) is 13.2 Å². The zero-order chi connectivity index (χ0) is 17.2. The number of carboxylic acids is 1. The molecule has 0 aliphatic heterocycles. The normalized spacial score (nSPS) is 13.0. The minimum absolute atomic E-state index is 0.241. The Hall–Kier alpha value is -2.64. The third-order valence-corrected chi connectivity index (χ3v) is 4.87. The van der Waals surface area contributed by atoms with Gasteiger partial charge in [-0.2, -0.15) is 0 Å². The van der Waals surface area contributed by atoms with E-state index in [1.54, 1.807) is 54.6 Å². The molecule has 0 aliphatic carbocycles. The molecule has 1 unspecified atom stereocenters. The Morgan fingerprint density at radius 3 is 2.42 bits per heavy atom. The molecule has 0 saturated heterocycles. The summed E-state index contributed by atoms with van der Waals surface area (Å²) in [5.41, 5.74) is 1.02. The van der Waals surface area contributed by atoms with Crippen LogP contribution >= 0.6 is 0 Å². The number of nitrogens with one attached hydrogen (secondary N) is 1. The predicted octanol–water partition coefficient (Wildman–Crippen LogP) is 2.93. The Kier molecular flexibility index (Phi) is 4.37. The van der Waals surface area contributed by atoms with Crippen molar-refractivity contribution in [3.05, 3.63) is 66.2 Å². The number of hydrogen-bond acceptors (Lipinski definition) is 4. The molecular weight excluding hydrogens is 330 g/mol. The van der Waals surface area contributed by atoms with Gasteiger partial charge in [-0.05, 0) is 11.6 Å². The monoisotopic (exact) mass is 345 g/mol. The summed E-state index contributed by atoms with van der Waals surface area (Å²) < 4.78 is 32.9. The second-order valence-corrected chi connectivity index (χ2v) is 6.93. The summed E-state index contributed by atoms with van der Waals surface area (Å²) in [4.78, 5) is 11.1. The lowest BCUT2D eigenvalue weighted by Gasteiger charge is -2.16. The molecule has 7 heteroatoms. The van der Waals surface area contributed by atoms with Gasteiger partial charge in [-0.25, -0.2) is 13.1 Å². The number of furan rings is 1. The molecule has 24 heavy (non-hydrogen) atoms. The number of carboxylic acid groups (broad SMARTS) is 1. The van der Waals surface area contributed by atoms with E-state index >= 15 is 0 Å². The number of hydrogen-bond donors (Lipinski definition) is 2. The van der Waals surface area contributed by atoms with Crippen LogP contribution in [0.1, 0.15) is 18.0 Å². The van der Waals surface area contributed by atoms with Crippen molar-refractivity contribution in [3.8, 4) is 0 Å². The van der Waals surface area contributed by atoms with Crippen LogP contribution in [0.3, 0.4) is 0 Å². The summed E-state index contributed by atoms with van der Waals surface area (Å²) in [6, 6.07) is 16.0. The third kappa shape index (κ3) is 3.47. The van der Waals surface area contributed by atoms with Gasteiger partial charge < -0.3 is 9.52 Å². The maximum Gasteiger partial charge on any atom is 0.305 e. The lowest BCUT2D eigenvalue weighted by Crippen LogP contribution is -2.30. The van der Waals surface area contributed by atoms with Crippen LogP contribution in [0.4, 0.5) is 0 Å². The van der Waals surface area contributed by atoms with Gasteiger partial charge in [0.1, 0.15) is 5.58 Å². The number of benzene rings is 2. The van der Waals surface area contributed by atoms with E-state index in [1.165, 1.54) is 6.07 Å². The van der Waals surface area contributed by atoms with Crippen LogP contribution in [0.25, 0.3) is 11.0 Å². The first-order valence-corrected chi connectivity index (χ1v) is 8.72. The van der Waals surface area contributed by atoms with Gasteiger partial charge in [0.2, 0.25) is 5.09 Å². The lowest BCUT2D eigenvalue weighted by molar-refractivity contribution is -0.137. The number of sulfonamides is 1. The van der Waals surface area contributed by atoms with E-state index in [1.807, 2.05) is 0 Å². The van der Waals surface area contributed by atoms with Gasteiger partial charge in [0.15, 0.2) is 0 Å². The molecule has 0 fully saturated rings.